The Hall–Kier alpha value is -1.34. The molecule has 2 aromatic rings. The average Bonchev–Trinajstić information content (AvgIpc) is 2.48. The predicted molar refractivity (Wildman–Crippen MR) is 88.6 cm³/mol. The monoisotopic (exact) mass is 400 g/mol. The van der Waals surface area contributed by atoms with Gasteiger partial charge in [-0.3, -0.25) is 0 Å². The van der Waals surface area contributed by atoms with Crippen LogP contribution in [0.5, 0.6) is 5.75 Å². The molecule has 0 fully saturated rings. The largest absolute Gasteiger partial charge is 0.497 e. The highest BCUT2D eigenvalue weighted by Crippen LogP contribution is 2.27. The molecule has 0 radical (unpaired) electrons. The van der Waals surface area contributed by atoms with Crippen LogP contribution in [0.4, 0.5) is 0 Å². The zero-order valence-electron chi connectivity index (χ0n) is 10.8. The fourth-order valence-corrected chi connectivity index (χ4v) is 4.07. The van der Waals surface area contributed by atoms with Crippen LogP contribution in [0.1, 0.15) is 5.56 Å². The van der Waals surface area contributed by atoms with Gasteiger partial charge in [0.05, 0.1) is 12.0 Å². The number of halogens is 1. The molecule has 0 heterocycles. The molecule has 0 aromatic heterocycles. The first kappa shape index (κ1) is 15.1. The Balaban J connectivity index is 2.39. The number of benzene rings is 2. The van der Waals surface area contributed by atoms with E-state index in [2.05, 4.69) is 0 Å². The molecule has 0 aliphatic heterocycles. The smallest absolute Gasteiger partial charge is 0.200 e. The third-order valence-electron chi connectivity index (χ3n) is 2.68. The summed E-state index contributed by atoms with van der Waals surface area (Å²) in [6.07, 6.45) is 0. The second-order valence-corrected chi connectivity index (χ2v) is 7.02. The van der Waals surface area contributed by atoms with E-state index in [0.717, 1.165) is 5.56 Å². The molecule has 0 aliphatic rings. The second-order valence-electron chi connectivity index (χ2n) is 4.06. The van der Waals surface area contributed by atoms with Crippen LogP contribution >= 0.6 is 22.6 Å². The number of sulfone groups is 1. The molecule has 0 amide bonds. The van der Waals surface area contributed by atoms with E-state index < -0.39 is 9.84 Å². The molecule has 0 atom stereocenters. The molecule has 2 aromatic carbocycles. The first-order valence-electron chi connectivity index (χ1n) is 5.85. The van der Waals surface area contributed by atoms with Crippen LogP contribution in [-0.4, -0.2) is 15.5 Å². The maximum atomic E-state index is 12.3. The van der Waals surface area contributed by atoms with Crippen LogP contribution in [0.2, 0.25) is 0 Å². The predicted octanol–water partition coefficient (Wildman–Crippen LogP) is 3.90. The van der Waals surface area contributed by atoms with E-state index in [1.165, 1.54) is 5.41 Å². The summed E-state index contributed by atoms with van der Waals surface area (Å²) in [4.78, 5) is 0.289. The Morgan fingerprint density at radius 1 is 1.10 bits per heavy atom. The number of hydrogen-bond acceptors (Lipinski definition) is 3. The van der Waals surface area contributed by atoms with Crippen molar-refractivity contribution in [2.75, 3.05) is 7.11 Å². The van der Waals surface area contributed by atoms with Gasteiger partial charge in [0.1, 0.15) is 5.75 Å². The van der Waals surface area contributed by atoms with Crippen molar-refractivity contribution in [3.8, 4) is 5.75 Å². The summed E-state index contributed by atoms with van der Waals surface area (Å²) in [5.74, 6) is 0.696. The Kier molecular flexibility index (Phi) is 4.82. The van der Waals surface area contributed by atoms with Gasteiger partial charge in [0.25, 0.3) is 0 Å². The number of rotatable bonds is 4. The fourth-order valence-electron chi connectivity index (χ4n) is 1.65. The minimum Gasteiger partial charge on any atom is -0.497 e. The van der Waals surface area contributed by atoms with Crippen LogP contribution in [0.3, 0.4) is 0 Å². The quantitative estimate of drug-likeness (QED) is 0.732. The normalized spacial score (nSPS) is 12.2. The van der Waals surface area contributed by atoms with Crippen LogP contribution in [-0.2, 0) is 9.84 Å². The SMILES string of the molecule is COc1cccc(/C(I)=C/S(=O)(=O)c2ccccc2)c1. The minimum atomic E-state index is -3.44. The summed E-state index contributed by atoms with van der Waals surface area (Å²) in [7, 11) is -1.86. The molecule has 0 aliphatic carbocycles. The van der Waals surface area contributed by atoms with Gasteiger partial charge in [-0.25, -0.2) is 8.42 Å². The Morgan fingerprint density at radius 3 is 2.45 bits per heavy atom. The van der Waals surface area contributed by atoms with Gasteiger partial charge in [-0.2, -0.15) is 0 Å². The van der Waals surface area contributed by atoms with E-state index in [1.54, 1.807) is 43.5 Å². The van der Waals surface area contributed by atoms with Crippen LogP contribution in [0.15, 0.2) is 64.9 Å². The second kappa shape index (κ2) is 6.41. The van der Waals surface area contributed by atoms with Gasteiger partial charge in [0, 0.05) is 8.99 Å². The van der Waals surface area contributed by atoms with E-state index in [1.807, 2.05) is 40.8 Å². The Bertz CT molecular complexity index is 722. The number of methoxy groups -OCH3 is 1. The lowest BCUT2D eigenvalue weighted by atomic mass is 10.2. The first-order valence-corrected chi connectivity index (χ1v) is 8.47. The van der Waals surface area contributed by atoms with E-state index in [-0.39, 0.29) is 4.90 Å². The van der Waals surface area contributed by atoms with Crippen molar-refractivity contribution in [3.05, 3.63) is 65.6 Å². The van der Waals surface area contributed by atoms with Gasteiger partial charge in [-0.05, 0) is 52.4 Å². The first-order chi connectivity index (χ1) is 9.53. The molecule has 104 valence electrons. The molecular formula is C15H13IO3S. The van der Waals surface area contributed by atoms with Crippen molar-refractivity contribution in [1.82, 2.24) is 0 Å². The molecule has 2 rings (SSSR count). The third kappa shape index (κ3) is 3.61. The molecule has 0 bridgehead atoms. The lowest BCUT2D eigenvalue weighted by Gasteiger charge is -2.04. The lowest BCUT2D eigenvalue weighted by molar-refractivity contribution is 0.414. The van der Waals surface area contributed by atoms with E-state index in [0.29, 0.717) is 9.33 Å². The molecule has 0 saturated carbocycles. The van der Waals surface area contributed by atoms with Gasteiger partial charge < -0.3 is 4.74 Å². The summed E-state index contributed by atoms with van der Waals surface area (Å²) < 4.78 is 30.3. The van der Waals surface area contributed by atoms with Crippen molar-refractivity contribution in [1.29, 1.82) is 0 Å². The van der Waals surface area contributed by atoms with Crippen molar-refractivity contribution in [2.45, 2.75) is 4.90 Å². The summed E-state index contributed by atoms with van der Waals surface area (Å²) >= 11 is 2.02. The standard InChI is InChI=1S/C15H13IO3S/c1-19-13-7-5-6-12(10-13)15(16)11-20(17,18)14-8-3-2-4-9-14/h2-11H,1H3/b15-11-. The fraction of sp³-hybridized carbons (Fsp3) is 0.0667. The zero-order chi connectivity index (χ0) is 14.6. The van der Waals surface area contributed by atoms with Crippen LogP contribution in [0.25, 0.3) is 3.58 Å². The Labute approximate surface area is 132 Å². The summed E-state index contributed by atoms with van der Waals surface area (Å²) in [5, 5.41) is 1.28. The number of hydrogen-bond donors (Lipinski definition) is 0. The maximum Gasteiger partial charge on any atom is 0.200 e. The molecule has 0 spiro atoms. The molecular weight excluding hydrogens is 387 g/mol. The maximum absolute atomic E-state index is 12.3. The van der Waals surface area contributed by atoms with E-state index in [9.17, 15) is 8.42 Å². The van der Waals surface area contributed by atoms with E-state index in [4.69, 9.17) is 4.74 Å². The lowest BCUT2D eigenvalue weighted by Crippen LogP contribution is -1.96. The zero-order valence-corrected chi connectivity index (χ0v) is 13.8. The van der Waals surface area contributed by atoms with Crippen LogP contribution < -0.4 is 4.74 Å². The summed E-state index contributed by atoms with van der Waals surface area (Å²) in [6, 6.07) is 15.7. The minimum absolute atomic E-state index is 0.289. The Morgan fingerprint density at radius 2 is 1.80 bits per heavy atom. The van der Waals surface area contributed by atoms with Gasteiger partial charge in [-0.15, -0.1) is 0 Å². The van der Waals surface area contributed by atoms with Crippen molar-refractivity contribution < 1.29 is 13.2 Å². The average molecular weight is 400 g/mol. The molecule has 20 heavy (non-hydrogen) atoms. The van der Waals surface area contributed by atoms with Crippen molar-refractivity contribution >= 4 is 36.0 Å². The third-order valence-corrected chi connectivity index (χ3v) is 5.51. The van der Waals surface area contributed by atoms with Gasteiger partial charge in [0.15, 0.2) is 0 Å². The molecule has 5 heteroatoms. The summed E-state index contributed by atoms with van der Waals surface area (Å²) in [5.41, 5.74) is 0.810. The van der Waals surface area contributed by atoms with Gasteiger partial charge >= 0.3 is 0 Å². The van der Waals surface area contributed by atoms with Crippen LogP contribution in [0, 0.1) is 0 Å². The summed E-state index contributed by atoms with van der Waals surface area (Å²) in [6.45, 7) is 0. The van der Waals surface area contributed by atoms with E-state index >= 15 is 0 Å². The molecule has 3 nitrogen and oxygen atoms in total. The van der Waals surface area contributed by atoms with Gasteiger partial charge in [-0.1, -0.05) is 30.3 Å². The highest BCUT2D eigenvalue weighted by atomic mass is 127. The topological polar surface area (TPSA) is 43.4 Å². The van der Waals surface area contributed by atoms with Crippen molar-refractivity contribution in [3.63, 3.8) is 0 Å². The highest BCUT2D eigenvalue weighted by Gasteiger charge is 2.12. The molecule has 0 saturated heterocycles. The molecule has 0 unspecified atom stereocenters. The highest BCUT2D eigenvalue weighted by molar-refractivity contribution is 14.1. The number of ether oxygens (including phenoxy) is 1. The molecule has 0 N–H and O–H groups in total. The van der Waals surface area contributed by atoms with Crippen molar-refractivity contribution in [2.24, 2.45) is 0 Å². The van der Waals surface area contributed by atoms with Gasteiger partial charge in [0.2, 0.25) is 9.84 Å².